The predicted octanol–water partition coefficient (Wildman–Crippen LogP) is 5.32. The average molecular weight is 634 g/mol. The molecule has 0 saturated heterocycles. The Morgan fingerprint density at radius 2 is 0.907 bits per heavy atom. The number of hydrogen-bond acceptors (Lipinski definition) is 8. The third-order valence-electron chi connectivity index (χ3n) is 5.95. The van der Waals surface area contributed by atoms with Crippen molar-refractivity contribution in [3.05, 3.63) is 81.9 Å². The largest absolute Gasteiger partial charge is 2.00 e. The van der Waals surface area contributed by atoms with Gasteiger partial charge in [-0.2, -0.15) is 0 Å². The third-order valence-corrected chi connectivity index (χ3v) is 5.95. The van der Waals surface area contributed by atoms with Crippen molar-refractivity contribution in [1.29, 1.82) is 0 Å². The molecule has 8 nitrogen and oxygen atoms in total. The number of carbonyl (C=O) groups is 2. The summed E-state index contributed by atoms with van der Waals surface area (Å²) in [5, 5.41) is 38.7. The van der Waals surface area contributed by atoms with Gasteiger partial charge in [0.1, 0.15) is 11.5 Å². The summed E-state index contributed by atoms with van der Waals surface area (Å²) in [7, 11) is 0. The van der Waals surface area contributed by atoms with Gasteiger partial charge < -0.3 is 30.0 Å². The fraction of sp³-hybridized carbons (Fsp3) is 0.353. The van der Waals surface area contributed by atoms with Gasteiger partial charge in [0, 0.05) is 35.5 Å². The fourth-order valence-corrected chi connectivity index (χ4v) is 3.59. The van der Waals surface area contributed by atoms with Crippen LogP contribution < -0.4 is 10.2 Å². The number of phenols is 2. The van der Waals surface area contributed by atoms with Crippen LogP contribution in [0.4, 0.5) is 11.4 Å². The topological polar surface area (TPSA) is 145 Å². The summed E-state index contributed by atoms with van der Waals surface area (Å²) >= 11 is 0. The molecule has 0 heterocycles. The van der Waals surface area contributed by atoms with Crippen LogP contribution >= 0.6 is 0 Å². The maximum atomic E-state index is 10.5. The van der Waals surface area contributed by atoms with E-state index in [2.05, 4.69) is 51.5 Å². The van der Waals surface area contributed by atoms with E-state index in [1.54, 1.807) is 12.4 Å². The van der Waals surface area contributed by atoms with Crippen LogP contribution in [0.25, 0.3) is 0 Å². The number of rotatable bonds is 4. The Morgan fingerprint density at radius 1 is 0.651 bits per heavy atom. The summed E-state index contributed by atoms with van der Waals surface area (Å²) in [4.78, 5) is 26.9. The maximum absolute atomic E-state index is 10.5. The molecule has 0 aliphatic carbocycles. The second-order valence-corrected chi connectivity index (χ2v) is 12.0. The van der Waals surface area contributed by atoms with Crippen molar-refractivity contribution in [1.82, 2.24) is 0 Å². The predicted molar refractivity (Wildman–Crippen MR) is 165 cm³/mol. The van der Waals surface area contributed by atoms with Crippen molar-refractivity contribution in [2.75, 3.05) is 0 Å². The van der Waals surface area contributed by atoms with E-state index < -0.39 is 11.9 Å². The number of hydrogen-bond donors (Lipinski definition) is 2. The van der Waals surface area contributed by atoms with E-state index >= 15 is 0 Å². The molecule has 3 aromatic rings. The molecule has 0 saturated carbocycles. The van der Waals surface area contributed by atoms with Gasteiger partial charge in [-0.05, 0) is 97.2 Å². The molecular formula is C34H42CoN2O6. The molecule has 0 unspecified atom stereocenters. The van der Waals surface area contributed by atoms with Gasteiger partial charge in [-0.1, -0.05) is 53.7 Å². The molecule has 3 rings (SSSR count). The molecule has 233 valence electrons. The van der Waals surface area contributed by atoms with Crippen molar-refractivity contribution in [3.8, 4) is 11.5 Å². The maximum Gasteiger partial charge on any atom is 2.00 e. The first-order chi connectivity index (χ1) is 19.2. The summed E-state index contributed by atoms with van der Waals surface area (Å²) in [5.74, 6) is -1.66. The Labute approximate surface area is 265 Å². The molecule has 9 heteroatoms. The number of aliphatic imine (C=N–C) groups is 2. The van der Waals surface area contributed by atoms with Gasteiger partial charge in [0.2, 0.25) is 0 Å². The van der Waals surface area contributed by atoms with E-state index in [4.69, 9.17) is 19.8 Å². The zero-order chi connectivity index (χ0) is 32.4. The Balaban J connectivity index is 0.00000174. The normalized spacial score (nSPS) is 11.2. The molecule has 0 spiro atoms. The van der Waals surface area contributed by atoms with Crippen molar-refractivity contribution in [2.45, 2.75) is 80.1 Å². The van der Waals surface area contributed by atoms with Crippen LogP contribution in [0.5, 0.6) is 11.5 Å². The number of benzene rings is 3. The number of carbonyl (C=O) groups excluding carboxylic acids is 2. The summed E-state index contributed by atoms with van der Waals surface area (Å²) < 4.78 is 0. The second kappa shape index (κ2) is 16.6. The molecule has 1 radical (unpaired) electrons. The fourth-order valence-electron chi connectivity index (χ4n) is 3.59. The van der Waals surface area contributed by atoms with Crippen LogP contribution in [0.15, 0.2) is 58.5 Å². The van der Waals surface area contributed by atoms with Gasteiger partial charge in [0.15, 0.2) is 0 Å². The summed E-state index contributed by atoms with van der Waals surface area (Å²) in [6.45, 7) is 18.7. The molecule has 0 aromatic heterocycles. The Hall–Kier alpha value is -3.95. The number of aromatic hydroxyl groups is 2. The Kier molecular flexibility index (Phi) is 15.1. The van der Waals surface area contributed by atoms with Gasteiger partial charge in [-0.25, -0.2) is 0 Å². The average Bonchev–Trinajstić information content (AvgIpc) is 2.84. The van der Waals surface area contributed by atoms with E-state index in [9.17, 15) is 10.2 Å². The number of carboxylic acids is 2. The Morgan fingerprint density at radius 3 is 1.14 bits per heavy atom. The summed E-state index contributed by atoms with van der Waals surface area (Å²) in [5.41, 5.74) is 6.91. The molecule has 43 heavy (non-hydrogen) atoms. The number of aryl methyl sites for hydroxylation is 2. The quantitative estimate of drug-likeness (QED) is 0.372. The van der Waals surface area contributed by atoms with Crippen molar-refractivity contribution >= 4 is 35.7 Å². The molecule has 0 aliphatic rings. The van der Waals surface area contributed by atoms with Crippen LogP contribution in [0.1, 0.15) is 88.8 Å². The minimum Gasteiger partial charge on any atom is -0.550 e. The molecule has 0 atom stereocenters. The summed E-state index contributed by atoms with van der Waals surface area (Å²) in [6.07, 6.45) is 3.41. The molecule has 0 bridgehead atoms. The van der Waals surface area contributed by atoms with Crippen LogP contribution in [0.3, 0.4) is 0 Å². The Bertz CT molecular complexity index is 1330. The zero-order valence-corrected chi connectivity index (χ0v) is 27.6. The van der Waals surface area contributed by atoms with Gasteiger partial charge in [-0.15, -0.1) is 0 Å². The molecule has 3 aromatic carbocycles. The van der Waals surface area contributed by atoms with Gasteiger partial charge >= 0.3 is 16.8 Å². The van der Waals surface area contributed by atoms with Crippen molar-refractivity contribution < 1.29 is 46.8 Å². The van der Waals surface area contributed by atoms with Crippen LogP contribution in [-0.4, -0.2) is 34.6 Å². The van der Waals surface area contributed by atoms with E-state index in [1.165, 1.54) is 0 Å². The van der Waals surface area contributed by atoms with E-state index in [-0.39, 0.29) is 39.1 Å². The van der Waals surface area contributed by atoms with Gasteiger partial charge in [-0.3, -0.25) is 9.98 Å². The molecule has 0 amide bonds. The number of nitrogens with zero attached hydrogens (tertiary/aromatic N) is 2. The minimum atomic E-state index is -1.08. The number of aliphatic carboxylic acids is 2. The van der Waals surface area contributed by atoms with Gasteiger partial charge in [0.25, 0.3) is 0 Å². The van der Waals surface area contributed by atoms with Crippen LogP contribution in [0, 0.1) is 13.8 Å². The van der Waals surface area contributed by atoms with Crippen LogP contribution in [-0.2, 0) is 37.2 Å². The van der Waals surface area contributed by atoms with E-state index in [1.807, 2.05) is 62.4 Å². The number of phenolic OH excluding ortho intramolecular Hbond substituents is 2. The molecule has 0 aliphatic heterocycles. The van der Waals surface area contributed by atoms with Gasteiger partial charge in [0.05, 0.1) is 11.4 Å². The van der Waals surface area contributed by atoms with E-state index in [0.29, 0.717) is 11.1 Å². The third kappa shape index (κ3) is 13.7. The summed E-state index contributed by atoms with van der Waals surface area (Å²) in [6, 6.07) is 15.6. The molecular weight excluding hydrogens is 591 g/mol. The van der Waals surface area contributed by atoms with Crippen molar-refractivity contribution in [3.63, 3.8) is 0 Å². The smallest absolute Gasteiger partial charge is 0.550 e. The first kappa shape index (κ1) is 39.0. The minimum absolute atomic E-state index is 0. The number of carboxylic acid groups (broad SMARTS) is 2. The zero-order valence-electron chi connectivity index (χ0n) is 26.5. The SMILES string of the molecule is CC(=O)[O-].CC(=O)[O-].Cc1cc(C(C)(C)C)cc(C=Nc2ccc(N=Cc3cc(C(C)(C)C)cc(C)c3O)cc2)c1O.[Co+2]. The van der Waals surface area contributed by atoms with Crippen molar-refractivity contribution in [2.24, 2.45) is 9.98 Å². The van der Waals surface area contributed by atoms with E-state index in [0.717, 1.165) is 47.5 Å². The standard InChI is InChI=1S/C30H36N2O2.2C2H4O2.Co/c1-19-13-23(29(3,4)5)15-21(27(19)33)17-31-25-9-11-26(12-10-25)32-18-22-16-24(30(6,7)8)14-20(2)28(22)34;2*1-2(3)4;/h9-18,33-34H,1-8H3;2*1H3,(H,3,4);/q;;;+2/p-2. The second-order valence-electron chi connectivity index (χ2n) is 12.0. The molecule has 2 N–H and O–H groups in total. The first-order valence-corrected chi connectivity index (χ1v) is 13.4. The first-order valence-electron chi connectivity index (χ1n) is 13.4. The molecule has 0 fully saturated rings. The monoisotopic (exact) mass is 633 g/mol. The van der Waals surface area contributed by atoms with Crippen LogP contribution in [0.2, 0.25) is 0 Å².